The second kappa shape index (κ2) is 5.27. The van der Waals surface area contributed by atoms with Crippen molar-refractivity contribution in [1.29, 1.82) is 0 Å². The highest BCUT2D eigenvalue weighted by Crippen LogP contribution is 2.22. The number of nitrogens with two attached hydrogens (primary N) is 1. The number of aryl methyl sites for hydroxylation is 1. The average Bonchev–Trinajstić information content (AvgIpc) is 2.60. The molecule has 0 aromatic carbocycles. The van der Waals surface area contributed by atoms with Gasteiger partial charge in [0.05, 0.1) is 12.2 Å². The molecule has 0 aliphatic heterocycles. The van der Waals surface area contributed by atoms with Crippen molar-refractivity contribution in [1.82, 2.24) is 9.78 Å². The first-order chi connectivity index (χ1) is 8.18. The maximum absolute atomic E-state index is 12.2. The lowest BCUT2D eigenvalue weighted by Crippen LogP contribution is -2.22. The average molecular weight is 233 g/mol. The summed E-state index contributed by atoms with van der Waals surface area (Å²) in [7, 11) is 1.83. The molecule has 1 aromatic heterocycles. The zero-order chi connectivity index (χ0) is 12.3. The van der Waals surface area contributed by atoms with Crippen molar-refractivity contribution >= 4 is 5.78 Å². The molecule has 1 aliphatic carbocycles. The lowest BCUT2D eigenvalue weighted by molar-refractivity contribution is -0.117. The van der Waals surface area contributed by atoms with E-state index in [-0.39, 0.29) is 5.78 Å². The molecule has 92 valence electrons. The summed E-state index contributed by atoms with van der Waals surface area (Å²) < 4.78 is 1.67. The molecule has 0 saturated carbocycles. The number of carbonyl (C=O) groups excluding carboxylic acids is 1. The van der Waals surface area contributed by atoms with Crippen LogP contribution >= 0.6 is 0 Å². The molecular weight excluding hydrogens is 214 g/mol. The van der Waals surface area contributed by atoms with Crippen LogP contribution in [0.3, 0.4) is 0 Å². The van der Waals surface area contributed by atoms with Crippen LogP contribution in [0.15, 0.2) is 24.0 Å². The molecule has 2 rings (SSSR count). The van der Waals surface area contributed by atoms with E-state index < -0.39 is 6.04 Å². The van der Waals surface area contributed by atoms with Gasteiger partial charge in [-0.3, -0.25) is 9.48 Å². The van der Waals surface area contributed by atoms with Crippen LogP contribution < -0.4 is 5.73 Å². The van der Waals surface area contributed by atoms with Gasteiger partial charge in [0.1, 0.15) is 0 Å². The van der Waals surface area contributed by atoms with E-state index in [9.17, 15) is 4.79 Å². The van der Waals surface area contributed by atoms with E-state index in [0.717, 1.165) is 30.4 Å². The first-order valence-corrected chi connectivity index (χ1v) is 6.16. The van der Waals surface area contributed by atoms with Gasteiger partial charge in [0.25, 0.3) is 0 Å². The molecule has 1 aromatic rings. The first kappa shape index (κ1) is 12.0. The summed E-state index contributed by atoms with van der Waals surface area (Å²) in [4.78, 5) is 12.2. The number of ketones is 1. The monoisotopic (exact) mass is 233 g/mol. The van der Waals surface area contributed by atoms with E-state index in [1.807, 2.05) is 7.05 Å². The number of aromatic nitrogens is 2. The SMILES string of the molecule is Cn1cc(C(N)C(=O)C2=CCCCCC2)cn1. The van der Waals surface area contributed by atoms with Crippen LogP contribution in [0, 0.1) is 0 Å². The molecule has 1 unspecified atom stereocenters. The molecule has 1 atom stereocenters. The molecule has 0 amide bonds. The summed E-state index contributed by atoms with van der Waals surface area (Å²) in [6, 6.07) is -0.562. The number of hydrogen-bond donors (Lipinski definition) is 1. The topological polar surface area (TPSA) is 60.9 Å². The molecule has 0 saturated heterocycles. The van der Waals surface area contributed by atoms with Crippen LogP contribution in [-0.2, 0) is 11.8 Å². The minimum atomic E-state index is -0.562. The Hall–Kier alpha value is -1.42. The zero-order valence-corrected chi connectivity index (χ0v) is 10.2. The van der Waals surface area contributed by atoms with Crippen molar-refractivity contribution in [3.05, 3.63) is 29.6 Å². The summed E-state index contributed by atoms with van der Waals surface area (Å²) in [6.45, 7) is 0. The van der Waals surface area contributed by atoms with Crippen molar-refractivity contribution < 1.29 is 4.79 Å². The fourth-order valence-corrected chi connectivity index (χ4v) is 2.19. The molecule has 0 radical (unpaired) electrons. The predicted octanol–water partition coefficient (Wildman–Crippen LogP) is 1.88. The Kier molecular flexibility index (Phi) is 3.74. The summed E-state index contributed by atoms with van der Waals surface area (Å²) in [6.07, 6.45) is 10.9. The lowest BCUT2D eigenvalue weighted by Gasteiger charge is -2.10. The molecule has 0 spiro atoms. The molecule has 2 N–H and O–H groups in total. The van der Waals surface area contributed by atoms with Crippen molar-refractivity contribution in [2.45, 2.75) is 38.1 Å². The highest BCUT2D eigenvalue weighted by Gasteiger charge is 2.21. The van der Waals surface area contributed by atoms with Crippen LogP contribution in [0.2, 0.25) is 0 Å². The molecule has 0 fully saturated rings. The Morgan fingerprint density at radius 2 is 2.29 bits per heavy atom. The van der Waals surface area contributed by atoms with E-state index in [0.29, 0.717) is 0 Å². The lowest BCUT2D eigenvalue weighted by atomic mass is 9.97. The third kappa shape index (κ3) is 2.82. The number of hydrogen-bond acceptors (Lipinski definition) is 3. The maximum atomic E-state index is 12.2. The normalized spacial score (nSPS) is 18.4. The third-order valence-corrected chi connectivity index (χ3v) is 3.22. The quantitative estimate of drug-likeness (QED) is 0.867. The van der Waals surface area contributed by atoms with Crippen molar-refractivity contribution in [3.8, 4) is 0 Å². The van der Waals surface area contributed by atoms with Gasteiger partial charge >= 0.3 is 0 Å². The molecule has 17 heavy (non-hydrogen) atoms. The standard InChI is InChI=1S/C13H19N3O/c1-16-9-11(8-15-16)12(14)13(17)10-6-4-2-3-5-7-10/h6,8-9,12H,2-5,7,14H2,1H3. The molecule has 1 heterocycles. The molecule has 1 aliphatic rings. The van der Waals surface area contributed by atoms with E-state index in [1.54, 1.807) is 17.1 Å². The van der Waals surface area contributed by atoms with Crippen LogP contribution in [0.4, 0.5) is 0 Å². The van der Waals surface area contributed by atoms with Crippen LogP contribution in [0.5, 0.6) is 0 Å². The Bertz CT molecular complexity index is 434. The highest BCUT2D eigenvalue weighted by molar-refractivity contribution is 5.99. The smallest absolute Gasteiger partial charge is 0.179 e. The van der Waals surface area contributed by atoms with Gasteiger partial charge in [0, 0.05) is 18.8 Å². The second-order valence-electron chi connectivity index (χ2n) is 4.62. The molecule has 0 bridgehead atoms. The van der Waals surface area contributed by atoms with Gasteiger partial charge in [0.2, 0.25) is 0 Å². The fraction of sp³-hybridized carbons (Fsp3) is 0.538. The van der Waals surface area contributed by atoms with Gasteiger partial charge in [-0.05, 0) is 31.3 Å². The van der Waals surface area contributed by atoms with Gasteiger partial charge in [-0.1, -0.05) is 12.5 Å². The Morgan fingerprint density at radius 1 is 1.47 bits per heavy atom. The first-order valence-electron chi connectivity index (χ1n) is 6.16. The van der Waals surface area contributed by atoms with Gasteiger partial charge in [-0.25, -0.2) is 0 Å². The maximum Gasteiger partial charge on any atom is 0.179 e. The summed E-state index contributed by atoms with van der Waals surface area (Å²) >= 11 is 0. The van der Waals surface area contributed by atoms with Crippen molar-refractivity contribution in [2.75, 3.05) is 0 Å². The van der Waals surface area contributed by atoms with E-state index >= 15 is 0 Å². The third-order valence-electron chi connectivity index (χ3n) is 3.22. The Balaban J connectivity index is 2.11. The summed E-state index contributed by atoms with van der Waals surface area (Å²) in [5, 5.41) is 4.05. The second-order valence-corrected chi connectivity index (χ2v) is 4.62. The van der Waals surface area contributed by atoms with Crippen molar-refractivity contribution in [3.63, 3.8) is 0 Å². The van der Waals surface area contributed by atoms with E-state index in [1.165, 1.54) is 12.8 Å². The van der Waals surface area contributed by atoms with Gasteiger partial charge in [0.15, 0.2) is 5.78 Å². The Morgan fingerprint density at radius 3 is 3.00 bits per heavy atom. The van der Waals surface area contributed by atoms with Crippen LogP contribution in [0.1, 0.15) is 43.7 Å². The number of allylic oxidation sites excluding steroid dienone is 1. The summed E-state index contributed by atoms with van der Waals surface area (Å²) in [5.74, 6) is 0.0555. The van der Waals surface area contributed by atoms with E-state index in [4.69, 9.17) is 5.73 Å². The fourth-order valence-electron chi connectivity index (χ4n) is 2.19. The number of rotatable bonds is 3. The molecule has 4 heteroatoms. The summed E-state index contributed by atoms with van der Waals surface area (Å²) in [5.41, 5.74) is 7.69. The van der Waals surface area contributed by atoms with Crippen molar-refractivity contribution in [2.24, 2.45) is 12.8 Å². The predicted molar refractivity (Wildman–Crippen MR) is 66.3 cm³/mol. The molecular formula is C13H19N3O. The Labute approximate surface area is 101 Å². The van der Waals surface area contributed by atoms with Crippen LogP contribution in [-0.4, -0.2) is 15.6 Å². The minimum Gasteiger partial charge on any atom is -0.317 e. The number of carbonyl (C=O) groups is 1. The number of Topliss-reactive ketones (excluding diaryl/α,β-unsaturated/α-hetero) is 1. The van der Waals surface area contributed by atoms with Gasteiger partial charge in [-0.15, -0.1) is 0 Å². The van der Waals surface area contributed by atoms with Gasteiger partial charge < -0.3 is 5.73 Å². The van der Waals surface area contributed by atoms with Crippen LogP contribution in [0.25, 0.3) is 0 Å². The number of nitrogens with zero attached hydrogens (tertiary/aromatic N) is 2. The highest BCUT2D eigenvalue weighted by atomic mass is 16.1. The largest absolute Gasteiger partial charge is 0.317 e. The zero-order valence-electron chi connectivity index (χ0n) is 10.2. The molecule has 4 nitrogen and oxygen atoms in total. The van der Waals surface area contributed by atoms with E-state index in [2.05, 4.69) is 11.2 Å². The van der Waals surface area contributed by atoms with Gasteiger partial charge in [-0.2, -0.15) is 5.10 Å². The minimum absolute atomic E-state index is 0.0555.